The van der Waals surface area contributed by atoms with Crippen molar-refractivity contribution in [1.29, 1.82) is 0 Å². The zero-order valence-corrected chi connectivity index (χ0v) is 12.3. The van der Waals surface area contributed by atoms with Crippen LogP contribution in [0.4, 0.5) is 5.82 Å². The molecule has 7 nitrogen and oxygen atoms in total. The first-order chi connectivity index (χ1) is 10.1. The molecule has 2 aromatic heterocycles. The van der Waals surface area contributed by atoms with E-state index in [4.69, 9.17) is 10.5 Å². The molecule has 0 amide bonds. The van der Waals surface area contributed by atoms with E-state index in [2.05, 4.69) is 9.71 Å². The maximum atomic E-state index is 12.4. The summed E-state index contributed by atoms with van der Waals surface area (Å²) in [5.41, 5.74) is 6.27. The van der Waals surface area contributed by atoms with Gasteiger partial charge in [-0.2, -0.15) is 0 Å². The van der Waals surface area contributed by atoms with Gasteiger partial charge in [0.25, 0.3) is 10.0 Å². The Labute approximate surface area is 123 Å². The number of pyridine rings is 1. The highest BCUT2D eigenvalue weighted by atomic mass is 32.2. The Morgan fingerprint density at radius 2 is 2.33 bits per heavy atom. The van der Waals surface area contributed by atoms with Gasteiger partial charge in [-0.1, -0.05) is 6.07 Å². The van der Waals surface area contributed by atoms with Crippen molar-refractivity contribution in [2.75, 3.05) is 18.9 Å². The second-order valence-corrected chi connectivity index (χ2v) is 6.73. The van der Waals surface area contributed by atoms with E-state index in [1.807, 2.05) is 0 Å². The van der Waals surface area contributed by atoms with Crippen LogP contribution in [0.15, 0.2) is 29.4 Å². The van der Waals surface area contributed by atoms with Gasteiger partial charge < -0.3 is 10.5 Å². The van der Waals surface area contributed by atoms with Crippen molar-refractivity contribution in [2.45, 2.75) is 30.4 Å². The Balaban J connectivity index is 1.78. The molecule has 1 atom stereocenters. The SMILES string of the molecule is Nc1nc2ccccn2c1S(=O)(=O)NCCC1CCCO1. The molecular formula is C13H18N4O3S. The molecule has 0 saturated carbocycles. The van der Waals surface area contributed by atoms with Crippen LogP contribution in [-0.2, 0) is 14.8 Å². The van der Waals surface area contributed by atoms with Crippen molar-refractivity contribution in [3.63, 3.8) is 0 Å². The van der Waals surface area contributed by atoms with Gasteiger partial charge in [-0.25, -0.2) is 18.1 Å². The van der Waals surface area contributed by atoms with Gasteiger partial charge in [0, 0.05) is 19.3 Å². The molecule has 0 aliphatic carbocycles. The van der Waals surface area contributed by atoms with E-state index in [0.29, 0.717) is 18.6 Å². The van der Waals surface area contributed by atoms with Crippen molar-refractivity contribution < 1.29 is 13.2 Å². The lowest BCUT2D eigenvalue weighted by atomic mass is 10.2. The Bertz CT molecular complexity index is 735. The lowest BCUT2D eigenvalue weighted by molar-refractivity contribution is 0.105. The predicted molar refractivity (Wildman–Crippen MR) is 78.4 cm³/mol. The van der Waals surface area contributed by atoms with Crippen LogP contribution in [0.3, 0.4) is 0 Å². The van der Waals surface area contributed by atoms with Gasteiger partial charge in [-0.3, -0.25) is 4.40 Å². The smallest absolute Gasteiger partial charge is 0.260 e. The molecule has 1 aliphatic rings. The average molecular weight is 310 g/mol. The number of ether oxygens (including phenoxy) is 1. The highest BCUT2D eigenvalue weighted by Crippen LogP contribution is 2.20. The van der Waals surface area contributed by atoms with Crippen LogP contribution >= 0.6 is 0 Å². The fraction of sp³-hybridized carbons (Fsp3) is 0.462. The fourth-order valence-electron chi connectivity index (χ4n) is 2.55. The fourth-order valence-corrected chi connectivity index (χ4v) is 3.81. The number of nitrogens with two attached hydrogens (primary N) is 1. The number of imidazole rings is 1. The number of hydrogen-bond acceptors (Lipinski definition) is 5. The molecule has 0 aromatic carbocycles. The number of anilines is 1. The van der Waals surface area contributed by atoms with Crippen LogP contribution in [0.25, 0.3) is 5.65 Å². The molecule has 0 radical (unpaired) electrons. The average Bonchev–Trinajstić information content (AvgIpc) is 3.04. The van der Waals surface area contributed by atoms with Crippen molar-refractivity contribution in [2.24, 2.45) is 0 Å². The van der Waals surface area contributed by atoms with Crippen molar-refractivity contribution in [1.82, 2.24) is 14.1 Å². The number of nitrogens with one attached hydrogen (secondary N) is 1. The van der Waals surface area contributed by atoms with E-state index in [1.54, 1.807) is 24.4 Å². The summed E-state index contributed by atoms with van der Waals surface area (Å²) in [5.74, 6) is 0.00539. The second kappa shape index (κ2) is 5.63. The second-order valence-electron chi connectivity index (χ2n) is 5.05. The number of sulfonamides is 1. The van der Waals surface area contributed by atoms with E-state index in [9.17, 15) is 8.42 Å². The maximum absolute atomic E-state index is 12.4. The third-order valence-corrected chi connectivity index (χ3v) is 5.05. The molecule has 114 valence electrons. The van der Waals surface area contributed by atoms with Gasteiger partial charge in [0.15, 0.2) is 10.8 Å². The summed E-state index contributed by atoms with van der Waals surface area (Å²) in [6.45, 7) is 1.09. The summed E-state index contributed by atoms with van der Waals surface area (Å²) in [6.07, 6.45) is 4.47. The van der Waals surface area contributed by atoms with Crippen LogP contribution in [0.1, 0.15) is 19.3 Å². The number of hydrogen-bond donors (Lipinski definition) is 2. The van der Waals surface area contributed by atoms with Gasteiger partial charge >= 0.3 is 0 Å². The molecule has 8 heteroatoms. The zero-order valence-electron chi connectivity index (χ0n) is 11.5. The number of nitrogen functional groups attached to an aromatic ring is 1. The summed E-state index contributed by atoms with van der Waals surface area (Å²) < 4.78 is 34.3. The van der Waals surface area contributed by atoms with E-state index in [1.165, 1.54) is 4.40 Å². The Hall–Kier alpha value is -1.64. The van der Waals surface area contributed by atoms with Gasteiger partial charge in [0.2, 0.25) is 0 Å². The van der Waals surface area contributed by atoms with Gasteiger partial charge in [0.1, 0.15) is 5.65 Å². The van der Waals surface area contributed by atoms with Gasteiger partial charge in [0.05, 0.1) is 6.10 Å². The quantitative estimate of drug-likeness (QED) is 0.849. The largest absolute Gasteiger partial charge is 0.381 e. The molecule has 1 aliphatic heterocycles. The third kappa shape index (κ3) is 2.87. The topological polar surface area (TPSA) is 98.7 Å². The molecule has 2 aromatic rings. The van der Waals surface area contributed by atoms with Gasteiger partial charge in [-0.05, 0) is 31.4 Å². The van der Waals surface area contributed by atoms with Crippen molar-refractivity contribution >= 4 is 21.5 Å². The summed E-state index contributed by atoms with van der Waals surface area (Å²) >= 11 is 0. The lowest BCUT2D eigenvalue weighted by Gasteiger charge is -2.10. The van der Waals surface area contributed by atoms with E-state index >= 15 is 0 Å². The maximum Gasteiger partial charge on any atom is 0.260 e. The first kappa shape index (κ1) is 14.3. The van der Waals surface area contributed by atoms with Crippen molar-refractivity contribution in [3.05, 3.63) is 24.4 Å². The lowest BCUT2D eigenvalue weighted by Crippen LogP contribution is -2.28. The Kier molecular flexibility index (Phi) is 3.83. The molecule has 3 heterocycles. The number of rotatable bonds is 5. The normalized spacial score (nSPS) is 19.3. The molecule has 1 fully saturated rings. The van der Waals surface area contributed by atoms with Crippen LogP contribution in [0, 0.1) is 0 Å². The molecule has 3 N–H and O–H groups in total. The van der Waals surface area contributed by atoms with Crippen LogP contribution in [-0.4, -0.2) is 37.1 Å². The minimum atomic E-state index is -3.70. The summed E-state index contributed by atoms with van der Waals surface area (Å²) in [6, 6.07) is 5.23. The highest BCUT2D eigenvalue weighted by Gasteiger charge is 2.24. The molecule has 0 spiro atoms. The molecule has 1 unspecified atom stereocenters. The van der Waals surface area contributed by atoms with Crippen LogP contribution < -0.4 is 10.5 Å². The summed E-state index contributed by atoms with van der Waals surface area (Å²) in [4.78, 5) is 4.06. The number of aromatic nitrogens is 2. The van der Waals surface area contributed by atoms with E-state index in [-0.39, 0.29) is 16.9 Å². The van der Waals surface area contributed by atoms with E-state index < -0.39 is 10.0 Å². The Morgan fingerprint density at radius 3 is 3.10 bits per heavy atom. The summed E-state index contributed by atoms with van der Waals surface area (Å²) in [7, 11) is -3.70. The zero-order chi connectivity index (χ0) is 14.9. The molecule has 3 rings (SSSR count). The minimum Gasteiger partial charge on any atom is -0.381 e. The predicted octanol–water partition coefficient (Wildman–Crippen LogP) is 0.764. The van der Waals surface area contributed by atoms with Crippen LogP contribution in [0.5, 0.6) is 0 Å². The molecular weight excluding hydrogens is 292 g/mol. The molecule has 0 bridgehead atoms. The third-order valence-electron chi connectivity index (χ3n) is 3.55. The highest BCUT2D eigenvalue weighted by molar-refractivity contribution is 7.89. The molecule has 21 heavy (non-hydrogen) atoms. The van der Waals surface area contributed by atoms with E-state index in [0.717, 1.165) is 19.4 Å². The standard InChI is InChI=1S/C13H18N4O3S/c14-12-13(17-8-2-1-5-11(17)16-12)21(18,19)15-7-6-10-4-3-9-20-10/h1-2,5,8,10,15H,3-4,6-7,9,14H2. The van der Waals surface area contributed by atoms with Gasteiger partial charge in [-0.15, -0.1) is 0 Å². The first-order valence-corrected chi connectivity index (χ1v) is 8.40. The van der Waals surface area contributed by atoms with Crippen molar-refractivity contribution in [3.8, 4) is 0 Å². The van der Waals surface area contributed by atoms with Crippen LogP contribution in [0.2, 0.25) is 0 Å². The Morgan fingerprint density at radius 1 is 1.48 bits per heavy atom. The minimum absolute atomic E-state index is 0.00539. The number of nitrogens with zero attached hydrogens (tertiary/aromatic N) is 2. The summed E-state index contributed by atoms with van der Waals surface area (Å²) in [5, 5.41) is -0.00885. The molecule has 1 saturated heterocycles. The first-order valence-electron chi connectivity index (χ1n) is 6.92. The monoisotopic (exact) mass is 310 g/mol. The number of fused-ring (bicyclic) bond motifs is 1.